The Balaban J connectivity index is 1.78. The predicted molar refractivity (Wildman–Crippen MR) is 73.2 cm³/mol. The molecule has 1 aromatic rings. The summed E-state index contributed by atoms with van der Waals surface area (Å²) in [5.74, 6) is 0.626. The van der Waals surface area contributed by atoms with E-state index in [0.717, 1.165) is 12.1 Å². The standard InChI is InChI=1S/C15H23N3/c1-10-5-6-17-9-14(10)15(16)11-7-12-3-4-13(8-11)18(12)2/h5-6,9,11-13,15H,3-4,7-8,16H2,1-2H3. The molecule has 2 bridgehead atoms. The molecule has 3 rings (SSSR count). The fraction of sp³-hybridized carbons (Fsp3) is 0.667. The lowest BCUT2D eigenvalue weighted by molar-refractivity contribution is 0.120. The Morgan fingerprint density at radius 2 is 2.00 bits per heavy atom. The lowest BCUT2D eigenvalue weighted by atomic mass is 9.82. The van der Waals surface area contributed by atoms with Gasteiger partial charge in [0.15, 0.2) is 0 Å². The van der Waals surface area contributed by atoms with Gasteiger partial charge in [0.1, 0.15) is 0 Å². The molecule has 0 amide bonds. The molecule has 2 aliphatic rings. The van der Waals surface area contributed by atoms with Crippen molar-refractivity contribution in [3.05, 3.63) is 29.6 Å². The molecule has 0 saturated carbocycles. The minimum atomic E-state index is 0.162. The summed E-state index contributed by atoms with van der Waals surface area (Å²) in [5.41, 5.74) is 9.03. The molecule has 2 fully saturated rings. The zero-order chi connectivity index (χ0) is 12.7. The molecule has 2 saturated heterocycles. The van der Waals surface area contributed by atoms with E-state index in [-0.39, 0.29) is 6.04 Å². The summed E-state index contributed by atoms with van der Waals surface area (Å²) < 4.78 is 0. The van der Waals surface area contributed by atoms with Gasteiger partial charge in [-0.3, -0.25) is 4.98 Å². The smallest absolute Gasteiger partial charge is 0.0342 e. The summed E-state index contributed by atoms with van der Waals surface area (Å²) in [6, 6.07) is 3.75. The molecule has 2 aliphatic heterocycles. The zero-order valence-electron chi connectivity index (χ0n) is 11.3. The van der Waals surface area contributed by atoms with Gasteiger partial charge in [0.05, 0.1) is 0 Å². The van der Waals surface area contributed by atoms with E-state index < -0.39 is 0 Å². The van der Waals surface area contributed by atoms with E-state index in [0.29, 0.717) is 5.92 Å². The average molecular weight is 245 g/mol. The van der Waals surface area contributed by atoms with Crippen LogP contribution >= 0.6 is 0 Å². The van der Waals surface area contributed by atoms with Crippen LogP contribution in [0.4, 0.5) is 0 Å². The summed E-state index contributed by atoms with van der Waals surface area (Å²) in [7, 11) is 2.28. The molecule has 0 spiro atoms. The number of hydrogen-bond acceptors (Lipinski definition) is 3. The lowest BCUT2D eigenvalue weighted by Crippen LogP contribution is -2.42. The normalized spacial score (nSPS) is 33.6. The highest BCUT2D eigenvalue weighted by Gasteiger charge is 2.40. The lowest BCUT2D eigenvalue weighted by Gasteiger charge is -2.39. The molecule has 1 aromatic heterocycles. The van der Waals surface area contributed by atoms with Crippen LogP contribution in [0.25, 0.3) is 0 Å². The number of hydrogen-bond donors (Lipinski definition) is 1. The van der Waals surface area contributed by atoms with Gasteiger partial charge < -0.3 is 10.6 Å². The third kappa shape index (κ3) is 1.95. The first-order valence-corrected chi connectivity index (χ1v) is 7.05. The largest absolute Gasteiger partial charge is 0.324 e. The Labute approximate surface area is 109 Å². The first-order chi connectivity index (χ1) is 8.66. The number of aromatic nitrogens is 1. The van der Waals surface area contributed by atoms with Crippen LogP contribution < -0.4 is 5.73 Å². The van der Waals surface area contributed by atoms with Gasteiger partial charge in [-0.1, -0.05) is 0 Å². The number of fused-ring (bicyclic) bond motifs is 2. The van der Waals surface area contributed by atoms with E-state index in [9.17, 15) is 0 Å². The second-order valence-corrected chi connectivity index (χ2v) is 6.04. The second-order valence-electron chi connectivity index (χ2n) is 6.04. The van der Waals surface area contributed by atoms with Gasteiger partial charge in [0.25, 0.3) is 0 Å². The van der Waals surface area contributed by atoms with Crippen LogP contribution in [0.15, 0.2) is 18.5 Å². The van der Waals surface area contributed by atoms with Crippen molar-refractivity contribution in [2.75, 3.05) is 7.05 Å². The van der Waals surface area contributed by atoms with E-state index in [1.54, 1.807) is 0 Å². The van der Waals surface area contributed by atoms with Crippen LogP contribution in [-0.2, 0) is 0 Å². The first-order valence-electron chi connectivity index (χ1n) is 7.05. The third-order valence-corrected chi connectivity index (χ3v) is 5.08. The van der Waals surface area contributed by atoms with E-state index in [1.165, 1.54) is 36.8 Å². The van der Waals surface area contributed by atoms with E-state index >= 15 is 0 Å². The van der Waals surface area contributed by atoms with Crippen molar-refractivity contribution in [3.8, 4) is 0 Å². The highest BCUT2D eigenvalue weighted by atomic mass is 15.2. The highest BCUT2D eigenvalue weighted by molar-refractivity contribution is 5.25. The molecule has 18 heavy (non-hydrogen) atoms. The molecule has 2 N–H and O–H groups in total. The van der Waals surface area contributed by atoms with Crippen molar-refractivity contribution in [2.24, 2.45) is 11.7 Å². The molecule has 3 atom stereocenters. The predicted octanol–water partition coefficient (Wildman–Crippen LogP) is 2.26. The Morgan fingerprint density at radius 1 is 1.33 bits per heavy atom. The van der Waals surface area contributed by atoms with E-state index in [1.807, 2.05) is 12.4 Å². The number of rotatable bonds is 2. The van der Waals surface area contributed by atoms with E-state index in [4.69, 9.17) is 5.73 Å². The maximum Gasteiger partial charge on any atom is 0.0342 e. The number of piperidine rings is 1. The average Bonchev–Trinajstić information content (AvgIpc) is 2.61. The molecule has 0 aliphatic carbocycles. The minimum Gasteiger partial charge on any atom is -0.324 e. The Bertz CT molecular complexity index is 418. The van der Waals surface area contributed by atoms with Crippen LogP contribution in [0.3, 0.4) is 0 Å². The van der Waals surface area contributed by atoms with Crippen LogP contribution in [-0.4, -0.2) is 29.0 Å². The summed E-state index contributed by atoms with van der Waals surface area (Å²) >= 11 is 0. The summed E-state index contributed by atoms with van der Waals surface area (Å²) in [6.07, 6.45) is 9.03. The van der Waals surface area contributed by atoms with Crippen molar-refractivity contribution in [1.82, 2.24) is 9.88 Å². The van der Waals surface area contributed by atoms with Crippen LogP contribution in [0.5, 0.6) is 0 Å². The van der Waals surface area contributed by atoms with Crippen molar-refractivity contribution in [3.63, 3.8) is 0 Å². The fourth-order valence-corrected chi connectivity index (χ4v) is 3.83. The van der Waals surface area contributed by atoms with Crippen molar-refractivity contribution >= 4 is 0 Å². The topological polar surface area (TPSA) is 42.1 Å². The number of nitrogens with two attached hydrogens (primary N) is 1. The summed E-state index contributed by atoms with van der Waals surface area (Å²) in [5, 5.41) is 0. The Hall–Kier alpha value is -0.930. The van der Waals surface area contributed by atoms with Crippen LogP contribution in [0.1, 0.15) is 42.9 Å². The van der Waals surface area contributed by atoms with Crippen LogP contribution in [0.2, 0.25) is 0 Å². The molecule has 3 heterocycles. The van der Waals surface area contributed by atoms with Crippen LogP contribution in [0, 0.1) is 12.8 Å². The van der Waals surface area contributed by atoms with Gasteiger partial charge in [0.2, 0.25) is 0 Å². The Morgan fingerprint density at radius 3 is 2.61 bits per heavy atom. The summed E-state index contributed by atoms with van der Waals surface area (Å²) in [4.78, 5) is 6.81. The third-order valence-electron chi connectivity index (χ3n) is 5.08. The molecule has 98 valence electrons. The second kappa shape index (κ2) is 4.63. The van der Waals surface area contributed by atoms with Crippen molar-refractivity contribution in [2.45, 2.75) is 50.7 Å². The maximum absolute atomic E-state index is 6.51. The quantitative estimate of drug-likeness (QED) is 0.869. The van der Waals surface area contributed by atoms with Gasteiger partial charge >= 0.3 is 0 Å². The molecule has 3 nitrogen and oxygen atoms in total. The molecule has 0 radical (unpaired) electrons. The molecular formula is C15H23N3. The SMILES string of the molecule is Cc1ccncc1C(N)C1CC2CCC(C1)N2C. The van der Waals surface area contributed by atoms with Gasteiger partial charge in [-0.15, -0.1) is 0 Å². The van der Waals surface area contributed by atoms with Gasteiger partial charge in [-0.25, -0.2) is 0 Å². The van der Waals surface area contributed by atoms with Crippen molar-refractivity contribution in [1.29, 1.82) is 0 Å². The highest BCUT2D eigenvalue weighted by Crippen LogP contribution is 2.41. The molecule has 0 aromatic carbocycles. The zero-order valence-corrected chi connectivity index (χ0v) is 11.3. The van der Waals surface area contributed by atoms with Crippen molar-refractivity contribution < 1.29 is 0 Å². The minimum absolute atomic E-state index is 0.162. The number of pyridine rings is 1. The molecule has 3 heteroatoms. The Kier molecular flexibility index (Phi) is 3.12. The number of nitrogens with zero attached hydrogens (tertiary/aromatic N) is 2. The maximum atomic E-state index is 6.51. The molecule has 3 unspecified atom stereocenters. The summed E-state index contributed by atoms with van der Waals surface area (Å²) in [6.45, 7) is 2.14. The van der Waals surface area contributed by atoms with Gasteiger partial charge in [0, 0.05) is 30.5 Å². The monoisotopic (exact) mass is 245 g/mol. The van der Waals surface area contributed by atoms with E-state index in [2.05, 4.69) is 29.9 Å². The first kappa shape index (κ1) is 12.1. The molecular weight excluding hydrogens is 222 g/mol. The van der Waals surface area contributed by atoms with Gasteiger partial charge in [-0.05, 0) is 62.8 Å². The fourth-order valence-electron chi connectivity index (χ4n) is 3.83. The van der Waals surface area contributed by atoms with Gasteiger partial charge in [-0.2, -0.15) is 0 Å². The number of aryl methyl sites for hydroxylation is 1.